The van der Waals surface area contributed by atoms with E-state index in [4.69, 9.17) is 5.73 Å². The number of rotatable bonds is 3. The van der Waals surface area contributed by atoms with Crippen molar-refractivity contribution in [1.29, 1.82) is 0 Å². The predicted octanol–water partition coefficient (Wildman–Crippen LogP) is 2.25. The van der Waals surface area contributed by atoms with Gasteiger partial charge in [0.05, 0.1) is 0 Å². The lowest BCUT2D eigenvalue weighted by Gasteiger charge is -2.32. The average molecular weight is 293 g/mol. The smallest absolute Gasteiger partial charge is 0.321 e. The molecule has 0 bridgehead atoms. The van der Waals surface area contributed by atoms with Crippen molar-refractivity contribution in [2.75, 3.05) is 18.4 Å². The topological polar surface area (TPSA) is 75.4 Å². The number of urea groups is 1. The standard InChI is InChI=1S/C15H20FN3O2/c1-10-7-12(16)4-5-13(10)18-15(21)19-6-2-3-11(9-19)8-14(17)20/h4-5,7,11H,2-3,6,8-9H2,1H3,(H2,17,20)(H,18,21). The summed E-state index contributed by atoms with van der Waals surface area (Å²) in [5.41, 5.74) is 6.48. The molecule has 5 nitrogen and oxygen atoms in total. The number of carbonyl (C=O) groups is 2. The predicted molar refractivity (Wildman–Crippen MR) is 78.3 cm³/mol. The number of aryl methyl sites for hydroxylation is 1. The van der Waals surface area contributed by atoms with E-state index in [1.54, 1.807) is 17.9 Å². The lowest BCUT2D eigenvalue weighted by atomic mass is 9.95. The molecule has 1 fully saturated rings. The second-order valence-electron chi connectivity index (χ2n) is 5.51. The molecule has 114 valence electrons. The molecule has 3 amide bonds. The third-order valence-corrected chi connectivity index (χ3v) is 3.73. The molecule has 1 atom stereocenters. The van der Waals surface area contributed by atoms with Crippen LogP contribution in [-0.2, 0) is 4.79 Å². The normalized spacial score (nSPS) is 18.4. The van der Waals surface area contributed by atoms with E-state index in [2.05, 4.69) is 5.32 Å². The number of benzene rings is 1. The van der Waals surface area contributed by atoms with Crippen LogP contribution in [0.2, 0.25) is 0 Å². The number of nitrogens with one attached hydrogen (secondary N) is 1. The third-order valence-electron chi connectivity index (χ3n) is 3.73. The van der Waals surface area contributed by atoms with Gasteiger partial charge in [-0.1, -0.05) is 0 Å². The number of hydrogen-bond acceptors (Lipinski definition) is 2. The number of primary amides is 1. The van der Waals surface area contributed by atoms with Gasteiger partial charge in [0.25, 0.3) is 0 Å². The molecule has 1 aliphatic rings. The number of hydrogen-bond donors (Lipinski definition) is 2. The largest absolute Gasteiger partial charge is 0.370 e. The van der Waals surface area contributed by atoms with Crippen LogP contribution in [0, 0.1) is 18.7 Å². The fourth-order valence-electron chi connectivity index (χ4n) is 2.66. The van der Waals surface area contributed by atoms with Crippen LogP contribution >= 0.6 is 0 Å². The number of halogens is 1. The molecule has 0 spiro atoms. The Morgan fingerprint density at radius 1 is 1.48 bits per heavy atom. The number of amides is 3. The van der Waals surface area contributed by atoms with Gasteiger partial charge in [-0.05, 0) is 49.4 Å². The van der Waals surface area contributed by atoms with Gasteiger partial charge in [-0.2, -0.15) is 0 Å². The highest BCUT2D eigenvalue weighted by Crippen LogP contribution is 2.21. The van der Waals surface area contributed by atoms with Gasteiger partial charge in [0.1, 0.15) is 5.82 Å². The fraction of sp³-hybridized carbons (Fsp3) is 0.467. The Kier molecular flexibility index (Phi) is 4.77. The van der Waals surface area contributed by atoms with Crippen LogP contribution in [0.5, 0.6) is 0 Å². The number of piperidine rings is 1. The van der Waals surface area contributed by atoms with E-state index in [0.717, 1.165) is 12.8 Å². The Labute approximate surface area is 123 Å². The molecule has 2 rings (SSSR count). The van der Waals surface area contributed by atoms with E-state index in [1.165, 1.54) is 12.1 Å². The average Bonchev–Trinajstić information content (AvgIpc) is 2.41. The third kappa shape index (κ3) is 4.18. The number of anilines is 1. The molecule has 1 heterocycles. The summed E-state index contributed by atoms with van der Waals surface area (Å²) in [7, 11) is 0. The first-order chi connectivity index (χ1) is 9.95. The molecule has 1 unspecified atom stereocenters. The van der Waals surface area contributed by atoms with E-state index in [-0.39, 0.29) is 23.7 Å². The number of nitrogens with two attached hydrogens (primary N) is 1. The van der Waals surface area contributed by atoms with Crippen molar-refractivity contribution >= 4 is 17.6 Å². The van der Waals surface area contributed by atoms with E-state index in [9.17, 15) is 14.0 Å². The van der Waals surface area contributed by atoms with Crippen LogP contribution in [-0.4, -0.2) is 29.9 Å². The summed E-state index contributed by atoms with van der Waals surface area (Å²) >= 11 is 0. The quantitative estimate of drug-likeness (QED) is 0.897. The molecule has 0 aromatic heterocycles. The maximum absolute atomic E-state index is 13.0. The highest BCUT2D eigenvalue weighted by molar-refractivity contribution is 5.90. The van der Waals surface area contributed by atoms with Gasteiger partial charge < -0.3 is 16.0 Å². The molecule has 0 aliphatic carbocycles. The lowest BCUT2D eigenvalue weighted by molar-refractivity contribution is -0.119. The maximum Gasteiger partial charge on any atom is 0.321 e. The highest BCUT2D eigenvalue weighted by atomic mass is 19.1. The lowest BCUT2D eigenvalue weighted by Crippen LogP contribution is -2.43. The minimum absolute atomic E-state index is 0.122. The van der Waals surface area contributed by atoms with Crippen LogP contribution in [0.25, 0.3) is 0 Å². The summed E-state index contributed by atoms with van der Waals surface area (Å²) in [5.74, 6) is -0.544. The second-order valence-corrected chi connectivity index (χ2v) is 5.51. The van der Waals surface area contributed by atoms with Gasteiger partial charge in [0.2, 0.25) is 5.91 Å². The number of likely N-dealkylation sites (tertiary alicyclic amines) is 1. The SMILES string of the molecule is Cc1cc(F)ccc1NC(=O)N1CCCC(CC(N)=O)C1. The first kappa shape index (κ1) is 15.3. The number of nitrogens with zero attached hydrogens (tertiary/aromatic N) is 1. The Hall–Kier alpha value is -2.11. The van der Waals surface area contributed by atoms with Gasteiger partial charge in [-0.25, -0.2) is 9.18 Å². The molecule has 1 aliphatic heterocycles. The van der Waals surface area contributed by atoms with Crippen LogP contribution in [0.15, 0.2) is 18.2 Å². The number of carbonyl (C=O) groups excluding carboxylic acids is 2. The van der Waals surface area contributed by atoms with Gasteiger partial charge in [0.15, 0.2) is 0 Å². The second kappa shape index (κ2) is 6.56. The minimum atomic E-state index is -0.336. The Balaban J connectivity index is 1.97. The first-order valence-corrected chi connectivity index (χ1v) is 7.06. The van der Waals surface area contributed by atoms with Gasteiger partial charge in [-0.3, -0.25) is 4.79 Å². The molecule has 6 heteroatoms. The van der Waals surface area contributed by atoms with E-state index < -0.39 is 0 Å². The van der Waals surface area contributed by atoms with Crippen molar-refractivity contribution in [2.45, 2.75) is 26.2 Å². The zero-order valence-electron chi connectivity index (χ0n) is 12.1. The molecule has 0 saturated carbocycles. The summed E-state index contributed by atoms with van der Waals surface area (Å²) < 4.78 is 13.0. The van der Waals surface area contributed by atoms with Crippen molar-refractivity contribution in [3.8, 4) is 0 Å². The molecule has 3 N–H and O–H groups in total. The van der Waals surface area contributed by atoms with Crippen molar-refractivity contribution in [1.82, 2.24) is 4.90 Å². The minimum Gasteiger partial charge on any atom is -0.370 e. The Morgan fingerprint density at radius 2 is 2.24 bits per heavy atom. The van der Waals surface area contributed by atoms with Crippen molar-refractivity contribution in [3.63, 3.8) is 0 Å². The molecule has 1 aromatic carbocycles. The molecular formula is C15H20FN3O2. The van der Waals surface area contributed by atoms with Crippen LogP contribution in [0.1, 0.15) is 24.8 Å². The van der Waals surface area contributed by atoms with Crippen LogP contribution in [0.3, 0.4) is 0 Å². The molecule has 1 saturated heterocycles. The fourth-order valence-corrected chi connectivity index (χ4v) is 2.66. The van der Waals surface area contributed by atoms with Crippen molar-refractivity contribution in [3.05, 3.63) is 29.6 Å². The molecule has 1 aromatic rings. The first-order valence-electron chi connectivity index (χ1n) is 7.06. The summed E-state index contributed by atoms with van der Waals surface area (Å²) in [5, 5.41) is 2.79. The molecular weight excluding hydrogens is 273 g/mol. The molecule has 0 radical (unpaired) electrons. The Morgan fingerprint density at radius 3 is 2.90 bits per heavy atom. The summed E-state index contributed by atoms with van der Waals surface area (Å²) in [6, 6.07) is 4.02. The monoisotopic (exact) mass is 293 g/mol. The zero-order valence-corrected chi connectivity index (χ0v) is 12.1. The molecule has 21 heavy (non-hydrogen) atoms. The van der Waals surface area contributed by atoms with E-state index in [1.807, 2.05) is 0 Å². The van der Waals surface area contributed by atoms with Crippen LogP contribution < -0.4 is 11.1 Å². The summed E-state index contributed by atoms with van der Waals surface area (Å²) in [6.45, 7) is 2.92. The van der Waals surface area contributed by atoms with Crippen molar-refractivity contribution in [2.24, 2.45) is 11.7 Å². The van der Waals surface area contributed by atoms with Gasteiger partial charge in [0, 0.05) is 25.2 Å². The van der Waals surface area contributed by atoms with Crippen LogP contribution in [0.4, 0.5) is 14.9 Å². The maximum atomic E-state index is 13.0. The highest BCUT2D eigenvalue weighted by Gasteiger charge is 2.25. The zero-order chi connectivity index (χ0) is 15.4. The Bertz CT molecular complexity index is 548. The summed E-state index contributed by atoms with van der Waals surface area (Å²) in [6.07, 6.45) is 2.06. The van der Waals surface area contributed by atoms with E-state index >= 15 is 0 Å². The summed E-state index contributed by atoms with van der Waals surface area (Å²) in [4.78, 5) is 24.9. The van der Waals surface area contributed by atoms with Gasteiger partial charge in [-0.15, -0.1) is 0 Å². The van der Waals surface area contributed by atoms with Gasteiger partial charge >= 0.3 is 6.03 Å². The van der Waals surface area contributed by atoms with Crippen molar-refractivity contribution < 1.29 is 14.0 Å². The van der Waals surface area contributed by atoms with E-state index in [0.29, 0.717) is 30.8 Å².